The van der Waals surface area contributed by atoms with Gasteiger partial charge in [0.05, 0.1) is 6.61 Å². The van der Waals surface area contributed by atoms with Crippen molar-refractivity contribution >= 4 is 11.8 Å². The van der Waals surface area contributed by atoms with Crippen LogP contribution in [0.15, 0.2) is 0 Å². The maximum Gasteiger partial charge on any atom is 0.0587 e. The van der Waals surface area contributed by atoms with Crippen LogP contribution in [0.25, 0.3) is 0 Å². The number of rotatable bonds is 8. The maximum atomic E-state index is 4.94. The molecule has 1 fully saturated rings. The van der Waals surface area contributed by atoms with Crippen LogP contribution in [0.4, 0.5) is 0 Å². The first-order valence-electron chi connectivity index (χ1n) is 5.41. The number of ether oxygens (including phenoxy) is 1. The molecule has 0 bridgehead atoms. The number of hydrogen-bond donors (Lipinski definition) is 2. The molecule has 1 unspecified atom stereocenters. The summed E-state index contributed by atoms with van der Waals surface area (Å²) in [6.07, 6.45) is 1.40. The van der Waals surface area contributed by atoms with Crippen molar-refractivity contribution in [1.29, 1.82) is 0 Å². The van der Waals surface area contributed by atoms with Crippen LogP contribution >= 0.6 is 11.8 Å². The maximum absolute atomic E-state index is 4.94. The molecule has 1 atom stereocenters. The highest BCUT2D eigenvalue weighted by Crippen LogP contribution is 2.22. The van der Waals surface area contributed by atoms with Crippen LogP contribution < -0.4 is 10.6 Å². The molecule has 0 aliphatic carbocycles. The molecule has 84 valence electrons. The molecule has 2 N–H and O–H groups in total. The Kier molecular flexibility index (Phi) is 7.50. The third kappa shape index (κ3) is 5.86. The Bertz CT molecular complexity index is 129. The van der Waals surface area contributed by atoms with Crippen molar-refractivity contribution in [3.05, 3.63) is 0 Å². The van der Waals surface area contributed by atoms with Gasteiger partial charge in [-0.25, -0.2) is 0 Å². The molecule has 1 aliphatic rings. The second kappa shape index (κ2) is 8.53. The molecule has 0 radical (unpaired) electrons. The summed E-state index contributed by atoms with van der Waals surface area (Å²) in [6.45, 7) is 5.07. The first-order chi connectivity index (χ1) is 6.93. The summed E-state index contributed by atoms with van der Waals surface area (Å²) in [5.41, 5.74) is 0. The van der Waals surface area contributed by atoms with Crippen LogP contribution in [0.2, 0.25) is 0 Å². The second-order valence-electron chi connectivity index (χ2n) is 3.68. The fourth-order valence-electron chi connectivity index (χ4n) is 1.53. The van der Waals surface area contributed by atoms with Crippen LogP contribution in [0.5, 0.6) is 0 Å². The van der Waals surface area contributed by atoms with Crippen LogP contribution in [-0.2, 0) is 4.74 Å². The normalized spacial score (nSPS) is 21.6. The van der Waals surface area contributed by atoms with E-state index in [0.717, 1.165) is 32.2 Å². The van der Waals surface area contributed by atoms with Crippen LogP contribution in [0, 0.1) is 5.92 Å². The van der Waals surface area contributed by atoms with Crippen molar-refractivity contribution < 1.29 is 4.74 Å². The van der Waals surface area contributed by atoms with Gasteiger partial charge in [-0.15, -0.1) is 0 Å². The Hall–Kier alpha value is 0.230. The van der Waals surface area contributed by atoms with E-state index in [9.17, 15) is 0 Å². The van der Waals surface area contributed by atoms with Gasteiger partial charge in [0, 0.05) is 26.7 Å². The van der Waals surface area contributed by atoms with Crippen molar-refractivity contribution in [2.45, 2.75) is 6.42 Å². The topological polar surface area (TPSA) is 33.3 Å². The Morgan fingerprint density at radius 1 is 1.29 bits per heavy atom. The zero-order chi connectivity index (χ0) is 10.1. The monoisotopic (exact) mass is 218 g/mol. The van der Waals surface area contributed by atoms with E-state index in [2.05, 4.69) is 22.4 Å². The van der Waals surface area contributed by atoms with Crippen LogP contribution in [0.3, 0.4) is 0 Å². The fraction of sp³-hybridized carbons (Fsp3) is 1.00. The van der Waals surface area contributed by atoms with E-state index < -0.39 is 0 Å². The first-order valence-corrected chi connectivity index (χ1v) is 6.57. The van der Waals surface area contributed by atoms with Gasteiger partial charge >= 0.3 is 0 Å². The molecule has 1 saturated heterocycles. The minimum absolute atomic E-state index is 0.805. The van der Waals surface area contributed by atoms with Crippen molar-refractivity contribution in [2.24, 2.45) is 5.92 Å². The summed E-state index contributed by atoms with van der Waals surface area (Å²) in [7, 11) is 1.73. The molecule has 0 aromatic rings. The highest BCUT2D eigenvalue weighted by molar-refractivity contribution is 7.99. The first kappa shape index (κ1) is 12.3. The number of methoxy groups -OCH3 is 1. The lowest BCUT2D eigenvalue weighted by Crippen LogP contribution is -2.32. The van der Waals surface area contributed by atoms with E-state index in [0.29, 0.717) is 0 Å². The summed E-state index contributed by atoms with van der Waals surface area (Å²) >= 11 is 2.08. The van der Waals surface area contributed by atoms with Gasteiger partial charge < -0.3 is 15.4 Å². The molecule has 1 aliphatic heterocycles. The third-order valence-electron chi connectivity index (χ3n) is 2.42. The fourth-order valence-corrected chi connectivity index (χ4v) is 2.81. The van der Waals surface area contributed by atoms with Gasteiger partial charge in [-0.2, -0.15) is 11.8 Å². The van der Waals surface area contributed by atoms with Crippen molar-refractivity contribution in [3.63, 3.8) is 0 Å². The van der Waals surface area contributed by atoms with Crippen molar-refractivity contribution in [2.75, 3.05) is 51.4 Å². The van der Waals surface area contributed by atoms with Gasteiger partial charge in [0.15, 0.2) is 0 Å². The molecule has 0 spiro atoms. The lowest BCUT2D eigenvalue weighted by atomic mass is 10.1. The highest BCUT2D eigenvalue weighted by atomic mass is 32.2. The standard InChI is InChI=1S/C10H22N2OS/c1-13-6-5-11-3-4-12-8-10-2-7-14-9-10/h10-12H,2-9H2,1H3. The minimum atomic E-state index is 0.805. The Labute approximate surface area is 91.4 Å². The van der Waals surface area contributed by atoms with E-state index >= 15 is 0 Å². The minimum Gasteiger partial charge on any atom is -0.383 e. The van der Waals surface area contributed by atoms with E-state index in [1.807, 2.05) is 0 Å². The second-order valence-corrected chi connectivity index (χ2v) is 4.83. The smallest absolute Gasteiger partial charge is 0.0587 e. The van der Waals surface area contributed by atoms with E-state index in [4.69, 9.17) is 4.74 Å². The Morgan fingerprint density at radius 2 is 2.14 bits per heavy atom. The lowest BCUT2D eigenvalue weighted by molar-refractivity contribution is 0.199. The average molecular weight is 218 g/mol. The van der Waals surface area contributed by atoms with E-state index in [1.165, 1.54) is 24.5 Å². The lowest BCUT2D eigenvalue weighted by Gasteiger charge is -2.10. The highest BCUT2D eigenvalue weighted by Gasteiger charge is 2.13. The number of hydrogen-bond acceptors (Lipinski definition) is 4. The average Bonchev–Trinajstić information content (AvgIpc) is 2.69. The summed E-state index contributed by atoms with van der Waals surface area (Å²) in [5.74, 6) is 3.63. The zero-order valence-corrected chi connectivity index (χ0v) is 9.87. The van der Waals surface area contributed by atoms with Gasteiger partial charge in [-0.1, -0.05) is 0 Å². The molecule has 3 nitrogen and oxygen atoms in total. The summed E-state index contributed by atoms with van der Waals surface area (Å²) in [4.78, 5) is 0. The van der Waals surface area contributed by atoms with Crippen molar-refractivity contribution in [1.82, 2.24) is 10.6 Å². The number of nitrogens with one attached hydrogen (secondary N) is 2. The molecule has 14 heavy (non-hydrogen) atoms. The Morgan fingerprint density at radius 3 is 2.86 bits per heavy atom. The predicted octanol–water partition coefficient (Wildman–Crippen LogP) is 0.565. The molecule has 0 amide bonds. The largest absolute Gasteiger partial charge is 0.383 e. The quantitative estimate of drug-likeness (QED) is 0.584. The van der Waals surface area contributed by atoms with Gasteiger partial charge in [-0.05, 0) is 30.4 Å². The molecular weight excluding hydrogens is 196 g/mol. The SMILES string of the molecule is COCCNCCNCC1CCSC1. The molecular formula is C10H22N2OS. The van der Waals surface area contributed by atoms with Gasteiger partial charge in [0.25, 0.3) is 0 Å². The summed E-state index contributed by atoms with van der Waals surface area (Å²) in [5, 5.41) is 6.81. The third-order valence-corrected chi connectivity index (χ3v) is 3.65. The molecule has 4 heteroatoms. The molecule has 1 rings (SSSR count). The van der Waals surface area contributed by atoms with E-state index in [-0.39, 0.29) is 0 Å². The number of thioether (sulfide) groups is 1. The Balaban J connectivity index is 1.75. The zero-order valence-electron chi connectivity index (χ0n) is 9.05. The summed E-state index contributed by atoms with van der Waals surface area (Å²) < 4.78 is 4.94. The van der Waals surface area contributed by atoms with Gasteiger partial charge in [0.1, 0.15) is 0 Å². The van der Waals surface area contributed by atoms with Gasteiger partial charge in [-0.3, -0.25) is 0 Å². The molecule has 0 aromatic carbocycles. The van der Waals surface area contributed by atoms with Crippen LogP contribution in [0.1, 0.15) is 6.42 Å². The molecule has 0 saturated carbocycles. The molecule has 0 aromatic heterocycles. The van der Waals surface area contributed by atoms with Gasteiger partial charge in [0.2, 0.25) is 0 Å². The predicted molar refractivity (Wildman–Crippen MR) is 63.0 cm³/mol. The van der Waals surface area contributed by atoms with E-state index in [1.54, 1.807) is 7.11 Å². The van der Waals surface area contributed by atoms with Crippen molar-refractivity contribution in [3.8, 4) is 0 Å². The summed E-state index contributed by atoms with van der Waals surface area (Å²) in [6, 6.07) is 0. The van der Waals surface area contributed by atoms with Crippen LogP contribution in [-0.4, -0.2) is 51.4 Å². The molecule has 1 heterocycles.